The van der Waals surface area contributed by atoms with Crippen LogP contribution in [0.3, 0.4) is 0 Å². The van der Waals surface area contributed by atoms with Crippen molar-refractivity contribution < 1.29 is 8.42 Å². The van der Waals surface area contributed by atoms with Crippen LogP contribution >= 0.6 is 15.9 Å². The molecule has 0 atom stereocenters. The Morgan fingerprint density at radius 3 is 2.21 bits per heavy atom. The van der Waals surface area contributed by atoms with Crippen molar-refractivity contribution in [1.29, 1.82) is 0 Å². The van der Waals surface area contributed by atoms with Gasteiger partial charge in [-0.2, -0.15) is 4.31 Å². The van der Waals surface area contributed by atoms with E-state index >= 15 is 0 Å². The van der Waals surface area contributed by atoms with Crippen LogP contribution in [0.2, 0.25) is 0 Å². The van der Waals surface area contributed by atoms with Gasteiger partial charge in [-0.1, -0.05) is 15.9 Å². The Labute approximate surface area is 94.4 Å². The summed E-state index contributed by atoms with van der Waals surface area (Å²) in [5.41, 5.74) is 0. The smallest absolute Gasteiger partial charge is 0.211 e. The summed E-state index contributed by atoms with van der Waals surface area (Å²) in [5.74, 6) is 0. The molecule has 1 aliphatic rings. The van der Waals surface area contributed by atoms with Crippen molar-refractivity contribution in [2.45, 2.75) is 6.42 Å². The largest absolute Gasteiger partial charge is 0.301 e. The first-order chi connectivity index (χ1) is 6.54. The van der Waals surface area contributed by atoms with Crippen molar-refractivity contribution in [2.75, 3.05) is 44.3 Å². The van der Waals surface area contributed by atoms with Crippen LogP contribution in [0, 0.1) is 0 Å². The van der Waals surface area contributed by atoms with Gasteiger partial charge in [0.25, 0.3) is 0 Å². The highest BCUT2D eigenvalue weighted by Crippen LogP contribution is 2.06. The maximum absolute atomic E-state index is 11.2. The zero-order valence-corrected chi connectivity index (χ0v) is 10.8. The highest BCUT2D eigenvalue weighted by molar-refractivity contribution is 9.09. The number of hydrogen-bond donors (Lipinski definition) is 0. The molecule has 0 N–H and O–H groups in total. The van der Waals surface area contributed by atoms with Crippen molar-refractivity contribution in [1.82, 2.24) is 9.21 Å². The highest BCUT2D eigenvalue weighted by Gasteiger charge is 2.22. The second-order valence-corrected chi connectivity index (χ2v) is 6.32. The molecule has 4 nitrogen and oxygen atoms in total. The third kappa shape index (κ3) is 3.84. The van der Waals surface area contributed by atoms with E-state index in [2.05, 4.69) is 20.8 Å². The van der Waals surface area contributed by atoms with Gasteiger partial charge in [0.15, 0.2) is 0 Å². The SMILES string of the molecule is CS(=O)(=O)N1CCN(CCCBr)CC1. The summed E-state index contributed by atoms with van der Waals surface area (Å²) in [4.78, 5) is 2.31. The third-order valence-electron chi connectivity index (χ3n) is 2.41. The number of rotatable bonds is 4. The summed E-state index contributed by atoms with van der Waals surface area (Å²) in [6, 6.07) is 0. The summed E-state index contributed by atoms with van der Waals surface area (Å²) in [7, 11) is -2.97. The standard InChI is InChI=1S/C8H17BrN2O2S/c1-14(12,13)11-7-5-10(6-8-11)4-2-3-9/h2-8H2,1H3. The van der Waals surface area contributed by atoms with Gasteiger partial charge in [0, 0.05) is 31.5 Å². The van der Waals surface area contributed by atoms with Crippen LogP contribution in [0.5, 0.6) is 0 Å². The molecule has 6 heteroatoms. The summed E-state index contributed by atoms with van der Waals surface area (Å²) >= 11 is 3.39. The summed E-state index contributed by atoms with van der Waals surface area (Å²) in [6.07, 6.45) is 2.40. The minimum atomic E-state index is -2.97. The predicted molar refractivity (Wildman–Crippen MR) is 61.3 cm³/mol. The molecule has 0 amide bonds. The molecule has 0 radical (unpaired) electrons. The number of alkyl halides is 1. The second-order valence-electron chi connectivity index (χ2n) is 3.55. The van der Waals surface area contributed by atoms with E-state index in [-0.39, 0.29) is 0 Å². The van der Waals surface area contributed by atoms with Gasteiger partial charge in [-0.25, -0.2) is 8.42 Å². The molecule has 0 aromatic rings. The van der Waals surface area contributed by atoms with Crippen LogP contribution in [-0.2, 0) is 10.0 Å². The van der Waals surface area contributed by atoms with Crippen molar-refractivity contribution in [2.24, 2.45) is 0 Å². The molecule has 1 heterocycles. The topological polar surface area (TPSA) is 40.6 Å². The average molecular weight is 285 g/mol. The van der Waals surface area contributed by atoms with Crippen LogP contribution in [0.15, 0.2) is 0 Å². The normalized spacial score (nSPS) is 21.3. The lowest BCUT2D eigenvalue weighted by atomic mass is 10.3. The van der Waals surface area contributed by atoms with Gasteiger partial charge in [-0.15, -0.1) is 0 Å². The van der Waals surface area contributed by atoms with Crippen LogP contribution in [-0.4, -0.2) is 61.9 Å². The lowest BCUT2D eigenvalue weighted by molar-refractivity contribution is 0.190. The first-order valence-corrected chi connectivity index (χ1v) is 7.74. The van der Waals surface area contributed by atoms with Crippen LogP contribution in [0.25, 0.3) is 0 Å². The van der Waals surface area contributed by atoms with Crippen molar-refractivity contribution in [3.63, 3.8) is 0 Å². The second kappa shape index (κ2) is 5.44. The molecular formula is C8H17BrN2O2S. The summed E-state index contributed by atoms with van der Waals surface area (Å²) in [5, 5.41) is 1.01. The van der Waals surface area contributed by atoms with Gasteiger partial charge < -0.3 is 4.90 Å². The molecule has 1 aliphatic heterocycles. The van der Waals surface area contributed by atoms with Crippen LogP contribution in [0.4, 0.5) is 0 Å². The zero-order chi connectivity index (χ0) is 10.6. The van der Waals surface area contributed by atoms with Crippen LogP contribution in [0.1, 0.15) is 6.42 Å². The van der Waals surface area contributed by atoms with E-state index < -0.39 is 10.0 Å². The highest BCUT2D eigenvalue weighted by atomic mass is 79.9. The molecule has 0 saturated carbocycles. The molecule has 84 valence electrons. The molecule has 1 saturated heterocycles. The molecule has 1 fully saturated rings. The Hall–Kier alpha value is 0.350. The predicted octanol–water partition coefficient (Wildman–Crippen LogP) is 0.349. The Morgan fingerprint density at radius 1 is 1.21 bits per heavy atom. The van der Waals surface area contributed by atoms with E-state index in [0.717, 1.165) is 31.4 Å². The lowest BCUT2D eigenvalue weighted by Crippen LogP contribution is -2.48. The number of hydrogen-bond acceptors (Lipinski definition) is 3. The molecule has 0 aromatic heterocycles. The van der Waals surface area contributed by atoms with E-state index in [0.29, 0.717) is 13.1 Å². The van der Waals surface area contributed by atoms with Gasteiger partial charge in [0.05, 0.1) is 6.26 Å². The summed E-state index contributed by atoms with van der Waals surface area (Å²) < 4.78 is 24.0. The van der Waals surface area contributed by atoms with E-state index in [4.69, 9.17) is 0 Å². The third-order valence-corrected chi connectivity index (χ3v) is 4.27. The van der Waals surface area contributed by atoms with Crippen molar-refractivity contribution in [3.05, 3.63) is 0 Å². The van der Waals surface area contributed by atoms with Crippen molar-refractivity contribution in [3.8, 4) is 0 Å². The maximum atomic E-state index is 11.2. The minimum Gasteiger partial charge on any atom is -0.301 e. The average Bonchev–Trinajstić information content (AvgIpc) is 2.14. The Bertz CT molecular complexity index is 261. The molecule has 1 rings (SSSR count). The quantitative estimate of drug-likeness (QED) is 0.700. The van der Waals surface area contributed by atoms with Crippen LogP contribution < -0.4 is 0 Å². The van der Waals surface area contributed by atoms with Gasteiger partial charge in [0.1, 0.15) is 0 Å². The van der Waals surface area contributed by atoms with E-state index in [1.165, 1.54) is 6.26 Å². The molecule has 0 aromatic carbocycles. The van der Waals surface area contributed by atoms with Crippen molar-refractivity contribution >= 4 is 26.0 Å². The molecule has 0 spiro atoms. The van der Waals surface area contributed by atoms with Gasteiger partial charge >= 0.3 is 0 Å². The molecular weight excluding hydrogens is 268 g/mol. The minimum absolute atomic E-state index is 0.640. The Kier molecular flexibility index (Phi) is 4.82. The van der Waals surface area contributed by atoms with Gasteiger partial charge in [-0.3, -0.25) is 0 Å². The fourth-order valence-corrected chi connectivity index (χ4v) is 2.65. The first kappa shape index (κ1) is 12.4. The molecule has 0 unspecified atom stereocenters. The number of halogens is 1. The Morgan fingerprint density at radius 2 is 1.79 bits per heavy atom. The molecule has 0 bridgehead atoms. The number of sulfonamides is 1. The number of nitrogens with zero attached hydrogens (tertiary/aromatic N) is 2. The molecule has 14 heavy (non-hydrogen) atoms. The van der Waals surface area contributed by atoms with E-state index in [1.807, 2.05) is 0 Å². The monoisotopic (exact) mass is 284 g/mol. The van der Waals surface area contributed by atoms with E-state index in [1.54, 1.807) is 4.31 Å². The van der Waals surface area contributed by atoms with Gasteiger partial charge in [0.2, 0.25) is 10.0 Å². The lowest BCUT2D eigenvalue weighted by Gasteiger charge is -2.33. The molecule has 0 aliphatic carbocycles. The van der Waals surface area contributed by atoms with E-state index in [9.17, 15) is 8.42 Å². The number of piperazine rings is 1. The van der Waals surface area contributed by atoms with Gasteiger partial charge in [-0.05, 0) is 13.0 Å². The Balaban J connectivity index is 2.31. The fourth-order valence-electron chi connectivity index (χ4n) is 1.57. The zero-order valence-electron chi connectivity index (χ0n) is 8.45. The first-order valence-electron chi connectivity index (χ1n) is 4.77. The summed E-state index contributed by atoms with van der Waals surface area (Å²) in [6.45, 7) is 4.06. The maximum Gasteiger partial charge on any atom is 0.211 e. The fraction of sp³-hybridized carbons (Fsp3) is 1.00.